The average molecular weight is 832 g/mol. The molecule has 2 aromatic carbocycles. The molecule has 1 aliphatic heterocycles. The van der Waals surface area contributed by atoms with E-state index in [-0.39, 0.29) is 29.7 Å². The van der Waals surface area contributed by atoms with Gasteiger partial charge in [0, 0.05) is 37.7 Å². The second-order valence-electron chi connectivity index (χ2n) is 17.0. The highest BCUT2D eigenvalue weighted by atomic mass is 16.6. The number of ether oxygens (including phenoxy) is 5. The van der Waals surface area contributed by atoms with E-state index in [2.05, 4.69) is 5.32 Å². The van der Waals surface area contributed by atoms with E-state index in [1.807, 2.05) is 0 Å². The predicted molar refractivity (Wildman–Crippen MR) is 211 cm³/mol. The second-order valence-corrected chi connectivity index (χ2v) is 17.0. The Labute approximate surface area is 348 Å². The maximum absolute atomic E-state index is 15.4. The summed E-state index contributed by atoms with van der Waals surface area (Å²) in [4.78, 5) is 82.9. The van der Waals surface area contributed by atoms with Crippen LogP contribution in [0.5, 0.6) is 0 Å². The lowest BCUT2D eigenvalue weighted by Crippen LogP contribution is -2.82. The summed E-state index contributed by atoms with van der Waals surface area (Å²) in [6.07, 6.45) is -8.88. The Bertz CT molecular complexity index is 2110. The van der Waals surface area contributed by atoms with Crippen molar-refractivity contribution >= 4 is 35.6 Å². The Morgan fingerprint density at radius 1 is 0.917 bits per heavy atom. The Morgan fingerprint density at radius 2 is 1.53 bits per heavy atom. The largest absolute Gasteiger partial charge is 0.456 e. The molecule has 4 aliphatic rings. The number of allylic oxidation sites excluding steroid dienone is 1. The monoisotopic (exact) mass is 831 g/mol. The zero-order valence-electron chi connectivity index (χ0n) is 34.9. The van der Waals surface area contributed by atoms with Gasteiger partial charge in [-0.3, -0.25) is 19.2 Å². The molecule has 322 valence electrons. The number of nitrogens with one attached hydrogen (secondary N) is 1. The van der Waals surface area contributed by atoms with E-state index in [4.69, 9.17) is 23.7 Å². The fraction of sp³-hybridized carbons (Fsp3) is 0.511. The van der Waals surface area contributed by atoms with Crippen LogP contribution >= 0.6 is 0 Å². The van der Waals surface area contributed by atoms with Crippen LogP contribution in [-0.4, -0.2) is 105 Å². The normalized spacial score (nSPS) is 32.9. The first-order valence-corrected chi connectivity index (χ1v) is 19.9. The number of fused-ring (bicyclic) bond motifs is 5. The smallest absolute Gasteiger partial charge is 0.338 e. The number of benzene rings is 2. The van der Waals surface area contributed by atoms with Gasteiger partial charge in [-0.1, -0.05) is 68.5 Å². The molecule has 1 heterocycles. The maximum Gasteiger partial charge on any atom is 0.338 e. The summed E-state index contributed by atoms with van der Waals surface area (Å²) in [6, 6.07) is 14.8. The van der Waals surface area contributed by atoms with Crippen molar-refractivity contribution in [2.24, 2.45) is 16.7 Å². The Balaban J connectivity index is 1.56. The maximum atomic E-state index is 15.4. The number of aliphatic hydroxyl groups is 3. The molecule has 0 spiro atoms. The van der Waals surface area contributed by atoms with Gasteiger partial charge >= 0.3 is 23.9 Å². The molecule has 2 bridgehead atoms. The van der Waals surface area contributed by atoms with Crippen LogP contribution in [0.4, 0.5) is 0 Å². The number of ketones is 1. The first-order valence-electron chi connectivity index (χ1n) is 19.9. The molecule has 0 aromatic heterocycles. The minimum atomic E-state index is -2.38. The van der Waals surface area contributed by atoms with Crippen molar-refractivity contribution < 1.29 is 67.8 Å². The van der Waals surface area contributed by atoms with Crippen molar-refractivity contribution in [2.75, 3.05) is 6.61 Å². The van der Waals surface area contributed by atoms with Crippen molar-refractivity contribution in [3.8, 4) is 0 Å². The van der Waals surface area contributed by atoms with Crippen molar-refractivity contribution in [1.82, 2.24) is 5.32 Å². The van der Waals surface area contributed by atoms with Crippen molar-refractivity contribution in [2.45, 2.75) is 122 Å². The van der Waals surface area contributed by atoms with Crippen LogP contribution in [0.2, 0.25) is 0 Å². The zero-order valence-corrected chi connectivity index (χ0v) is 34.9. The second kappa shape index (κ2) is 16.3. The van der Waals surface area contributed by atoms with Crippen LogP contribution in [0.1, 0.15) is 90.2 Å². The summed E-state index contributed by atoms with van der Waals surface area (Å²) < 4.78 is 30.2. The molecule has 2 aromatic rings. The molecule has 15 nitrogen and oxygen atoms in total. The third-order valence-corrected chi connectivity index (χ3v) is 13.2. The van der Waals surface area contributed by atoms with Gasteiger partial charge in [0.1, 0.15) is 23.9 Å². The van der Waals surface area contributed by atoms with E-state index >= 15 is 4.79 Å². The summed E-state index contributed by atoms with van der Waals surface area (Å²) in [5.41, 5.74) is -6.91. The highest BCUT2D eigenvalue weighted by molar-refractivity contribution is 5.96. The van der Waals surface area contributed by atoms with E-state index in [0.717, 1.165) is 13.8 Å². The van der Waals surface area contributed by atoms with Gasteiger partial charge in [0.15, 0.2) is 23.6 Å². The molecular weight excluding hydrogens is 778 g/mol. The van der Waals surface area contributed by atoms with Crippen LogP contribution < -0.4 is 5.32 Å². The number of hydrogen-bond acceptors (Lipinski definition) is 14. The molecule has 1 saturated heterocycles. The SMILES string of the molecule is C/C=C(\C)C(=O)N[C@@H](c1ccccc1)[C@@H](O)C(=O)O[C@H]1C[C@]2(O)[C@@H](OC(=O)c3ccccc3)[C@@H]3[C@]4(OC(C)=O)CO[C@H]4C[C@H](O)[C@@]3(C)C(=O)[C@H](OC(C)=O)C(=C1C)C2(C)C. The molecule has 2 saturated carbocycles. The van der Waals surface area contributed by atoms with E-state index in [1.165, 1.54) is 26.0 Å². The number of rotatable bonds is 10. The van der Waals surface area contributed by atoms with Gasteiger partial charge in [-0.15, -0.1) is 0 Å². The topological polar surface area (TPSA) is 221 Å². The zero-order chi connectivity index (χ0) is 44.1. The molecule has 4 N–H and O–H groups in total. The summed E-state index contributed by atoms with van der Waals surface area (Å²) >= 11 is 0. The van der Waals surface area contributed by atoms with Crippen molar-refractivity contribution in [3.63, 3.8) is 0 Å². The lowest BCUT2D eigenvalue weighted by atomic mass is 9.44. The summed E-state index contributed by atoms with van der Waals surface area (Å²) in [6.45, 7) is 11.2. The number of carbonyl (C=O) groups excluding carboxylic acids is 6. The summed E-state index contributed by atoms with van der Waals surface area (Å²) in [5.74, 6) is -6.78. The Morgan fingerprint density at radius 3 is 2.08 bits per heavy atom. The van der Waals surface area contributed by atoms with Crippen LogP contribution in [0.25, 0.3) is 0 Å². The molecular formula is C45H53NO14. The minimum Gasteiger partial charge on any atom is -0.456 e. The number of carbonyl (C=O) groups is 6. The summed E-state index contributed by atoms with van der Waals surface area (Å²) in [5, 5.41) is 40.0. The molecule has 0 unspecified atom stereocenters. The fourth-order valence-electron chi connectivity index (χ4n) is 9.75. The van der Waals surface area contributed by atoms with Crippen LogP contribution in [0.15, 0.2) is 83.5 Å². The third kappa shape index (κ3) is 7.24. The minimum absolute atomic E-state index is 0.00140. The quantitative estimate of drug-likeness (QED) is 0.117. The van der Waals surface area contributed by atoms with Crippen molar-refractivity contribution in [3.05, 3.63) is 94.6 Å². The molecule has 6 rings (SSSR count). The number of esters is 4. The fourth-order valence-corrected chi connectivity index (χ4v) is 9.75. The number of hydrogen-bond donors (Lipinski definition) is 4. The predicted octanol–water partition coefficient (Wildman–Crippen LogP) is 3.39. The Hall–Kier alpha value is -5.22. The first-order chi connectivity index (χ1) is 28.1. The average Bonchev–Trinajstić information content (AvgIpc) is 3.20. The van der Waals surface area contributed by atoms with Gasteiger partial charge in [-0.25, -0.2) is 9.59 Å². The Kier molecular flexibility index (Phi) is 12.1. The van der Waals surface area contributed by atoms with Gasteiger partial charge in [0.05, 0.1) is 35.6 Å². The van der Waals surface area contributed by atoms with Crippen LogP contribution in [-0.2, 0) is 47.7 Å². The highest BCUT2D eigenvalue weighted by Crippen LogP contribution is 2.64. The number of amides is 1. The van der Waals surface area contributed by atoms with E-state index in [1.54, 1.807) is 82.3 Å². The van der Waals surface area contributed by atoms with E-state index < -0.39 is 113 Å². The molecule has 3 aliphatic carbocycles. The van der Waals surface area contributed by atoms with Crippen LogP contribution in [0, 0.1) is 16.7 Å². The van der Waals surface area contributed by atoms with E-state index in [0.29, 0.717) is 11.1 Å². The molecule has 11 atom stereocenters. The lowest BCUT2D eigenvalue weighted by molar-refractivity contribution is -0.346. The number of aliphatic hydroxyl groups excluding tert-OH is 2. The van der Waals surface area contributed by atoms with Gasteiger partial charge < -0.3 is 44.3 Å². The van der Waals surface area contributed by atoms with Crippen molar-refractivity contribution in [1.29, 1.82) is 0 Å². The third-order valence-electron chi connectivity index (χ3n) is 13.2. The lowest BCUT2D eigenvalue weighted by Gasteiger charge is -2.67. The molecule has 3 fully saturated rings. The van der Waals surface area contributed by atoms with Gasteiger partial charge in [0.2, 0.25) is 5.91 Å². The number of Topliss-reactive ketones (excluding diaryl/α,β-unsaturated/α-hetero) is 1. The molecule has 15 heteroatoms. The van der Waals surface area contributed by atoms with Gasteiger partial charge in [-0.05, 0) is 56.5 Å². The highest BCUT2D eigenvalue weighted by Gasteiger charge is 2.78. The van der Waals surface area contributed by atoms with Crippen LogP contribution in [0.3, 0.4) is 0 Å². The van der Waals surface area contributed by atoms with E-state index in [9.17, 15) is 39.3 Å². The first kappa shape index (κ1) is 44.3. The molecule has 60 heavy (non-hydrogen) atoms. The standard InChI is InChI=1S/C45H53NO14/c1-9-23(2)39(52)46-33(27-16-12-10-13-17-27)34(50)41(54)58-29-21-45(55)38(59-40(53)28-18-14-11-15-19-28)36-43(8,30(49)20-31-44(36,22-56-31)60-26(5)48)37(51)35(57-25(4)47)32(24(29)3)42(45,6)7/h9-19,29-31,33-36,38,49-50,55H,20-22H2,1-8H3,(H,46,52)/b23-9+/t29-,30-,31-,33-,34+,35+,36-,38-,43+,44-,45-/m0/s1. The molecule has 0 radical (unpaired) electrons. The molecule has 1 amide bonds. The van der Waals surface area contributed by atoms with Gasteiger partial charge in [0.25, 0.3) is 0 Å². The van der Waals surface area contributed by atoms with Gasteiger partial charge in [-0.2, -0.15) is 0 Å². The summed E-state index contributed by atoms with van der Waals surface area (Å²) in [7, 11) is 0.